The lowest BCUT2D eigenvalue weighted by molar-refractivity contribution is 0.371. The molecule has 0 atom stereocenters. The van der Waals surface area contributed by atoms with E-state index in [0.29, 0.717) is 11.6 Å². The van der Waals surface area contributed by atoms with Crippen molar-refractivity contribution < 1.29 is 18.8 Å². The fourth-order valence-corrected chi connectivity index (χ4v) is 1.44. The molecule has 0 amide bonds. The Morgan fingerprint density at radius 1 is 1.62 bits per heavy atom. The SMILES string of the molecule is CC(C)c1nc(CP(=O)(O)O)co1. The summed E-state index contributed by atoms with van der Waals surface area (Å²) in [5.41, 5.74) is 0.303. The maximum atomic E-state index is 10.6. The standard InChI is InChI=1S/C7H12NO4P/c1-5(2)7-8-6(3-12-7)4-13(9,10)11/h3,5H,4H2,1-2H3,(H2,9,10,11). The number of hydrogen-bond acceptors (Lipinski definition) is 3. The molecule has 0 spiro atoms. The predicted molar refractivity (Wildman–Crippen MR) is 46.3 cm³/mol. The minimum Gasteiger partial charge on any atom is -0.448 e. The topological polar surface area (TPSA) is 83.6 Å². The van der Waals surface area contributed by atoms with Crippen LogP contribution in [0.1, 0.15) is 31.4 Å². The van der Waals surface area contributed by atoms with Crippen molar-refractivity contribution in [3.05, 3.63) is 17.8 Å². The highest BCUT2D eigenvalue weighted by Crippen LogP contribution is 2.38. The minimum atomic E-state index is -4.03. The summed E-state index contributed by atoms with van der Waals surface area (Å²) in [5.74, 6) is 0.633. The number of rotatable bonds is 3. The Balaban J connectivity index is 2.75. The third kappa shape index (κ3) is 3.30. The van der Waals surface area contributed by atoms with Crippen LogP contribution in [0.3, 0.4) is 0 Å². The van der Waals surface area contributed by atoms with Crippen molar-refractivity contribution in [1.82, 2.24) is 4.98 Å². The van der Waals surface area contributed by atoms with E-state index in [1.54, 1.807) is 0 Å². The Morgan fingerprint density at radius 3 is 2.62 bits per heavy atom. The van der Waals surface area contributed by atoms with E-state index in [-0.39, 0.29) is 12.1 Å². The second kappa shape index (κ2) is 3.62. The normalized spacial score (nSPS) is 12.4. The summed E-state index contributed by atoms with van der Waals surface area (Å²) in [5, 5.41) is 0. The highest BCUT2D eigenvalue weighted by Gasteiger charge is 2.17. The number of nitrogens with zero attached hydrogens (tertiary/aromatic N) is 1. The van der Waals surface area contributed by atoms with Gasteiger partial charge in [0.25, 0.3) is 0 Å². The van der Waals surface area contributed by atoms with Crippen LogP contribution in [0.15, 0.2) is 10.7 Å². The zero-order valence-electron chi connectivity index (χ0n) is 7.47. The molecular formula is C7H12NO4P. The lowest BCUT2D eigenvalue weighted by atomic mass is 10.2. The highest BCUT2D eigenvalue weighted by molar-refractivity contribution is 7.50. The summed E-state index contributed by atoms with van der Waals surface area (Å²) < 4.78 is 15.6. The van der Waals surface area contributed by atoms with Crippen LogP contribution in [-0.2, 0) is 10.7 Å². The van der Waals surface area contributed by atoms with E-state index < -0.39 is 7.60 Å². The van der Waals surface area contributed by atoms with Gasteiger partial charge in [-0.2, -0.15) is 0 Å². The van der Waals surface area contributed by atoms with Crippen LogP contribution < -0.4 is 0 Å². The molecule has 0 radical (unpaired) electrons. The Bertz CT molecular complexity index is 327. The molecule has 2 N–H and O–H groups in total. The van der Waals surface area contributed by atoms with Gasteiger partial charge in [-0.3, -0.25) is 4.57 Å². The third-order valence-electron chi connectivity index (χ3n) is 1.43. The van der Waals surface area contributed by atoms with Crippen LogP contribution in [-0.4, -0.2) is 14.8 Å². The minimum absolute atomic E-state index is 0.130. The first-order chi connectivity index (χ1) is 5.88. The van der Waals surface area contributed by atoms with E-state index in [9.17, 15) is 4.57 Å². The summed E-state index contributed by atoms with van der Waals surface area (Å²) in [6.45, 7) is 3.79. The summed E-state index contributed by atoms with van der Waals surface area (Å²) in [6, 6.07) is 0. The Labute approximate surface area is 76.0 Å². The van der Waals surface area contributed by atoms with Crippen LogP contribution in [0.5, 0.6) is 0 Å². The smallest absolute Gasteiger partial charge is 0.331 e. The lowest BCUT2D eigenvalue weighted by Gasteiger charge is -1.98. The first-order valence-corrected chi connectivity index (χ1v) is 5.67. The largest absolute Gasteiger partial charge is 0.448 e. The van der Waals surface area contributed by atoms with Crippen LogP contribution in [0.2, 0.25) is 0 Å². The van der Waals surface area contributed by atoms with E-state index in [0.717, 1.165) is 0 Å². The summed E-state index contributed by atoms with van der Waals surface area (Å²) in [4.78, 5) is 21.2. The zero-order chi connectivity index (χ0) is 10.1. The average Bonchev–Trinajstić information content (AvgIpc) is 2.31. The molecule has 6 heteroatoms. The van der Waals surface area contributed by atoms with Crippen LogP contribution in [0, 0.1) is 0 Å². The summed E-state index contributed by atoms with van der Waals surface area (Å²) in [6.07, 6.45) is 0.928. The number of oxazole rings is 1. The Kier molecular flexibility index (Phi) is 2.91. The van der Waals surface area contributed by atoms with Gasteiger partial charge in [0, 0.05) is 5.92 Å². The molecule has 0 saturated heterocycles. The second-order valence-corrected chi connectivity index (χ2v) is 4.80. The van der Waals surface area contributed by atoms with Crippen molar-refractivity contribution in [1.29, 1.82) is 0 Å². The molecule has 0 bridgehead atoms. The van der Waals surface area contributed by atoms with Crippen molar-refractivity contribution in [2.45, 2.75) is 25.9 Å². The number of hydrogen-bond donors (Lipinski definition) is 2. The molecule has 0 saturated carbocycles. The van der Waals surface area contributed by atoms with E-state index in [4.69, 9.17) is 14.2 Å². The van der Waals surface area contributed by atoms with Gasteiger partial charge in [-0.05, 0) is 0 Å². The maximum Gasteiger partial charge on any atom is 0.331 e. The molecule has 1 aromatic rings. The van der Waals surface area contributed by atoms with Crippen LogP contribution >= 0.6 is 7.60 Å². The van der Waals surface area contributed by atoms with Crippen LogP contribution in [0.4, 0.5) is 0 Å². The molecule has 0 aliphatic carbocycles. The van der Waals surface area contributed by atoms with Crippen molar-refractivity contribution in [3.63, 3.8) is 0 Å². The zero-order valence-corrected chi connectivity index (χ0v) is 8.36. The molecule has 0 fully saturated rings. The molecule has 1 rings (SSSR count). The second-order valence-electron chi connectivity index (χ2n) is 3.15. The average molecular weight is 205 g/mol. The molecule has 0 aliphatic rings. The first kappa shape index (κ1) is 10.4. The van der Waals surface area contributed by atoms with Gasteiger partial charge in [-0.15, -0.1) is 0 Å². The molecular weight excluding hydrogens is 193 g/mol. The number of aromatic nitrogens is 1. The van der Waals surface area contributed by atoms with E-state index in [1.807, 2.05) is 13.8 Å². The molecule has 5 nitrogen and oxygen atoms in total. The first-order valence-electron chi connectivity index (χ1n) is 3.87. The van der Waals surface area contributed by atoms with Crippen molar-refractivity contribution in [3.8, 4) is 0 Å². The van der Waals surface area contributed by atoms with Crippen molar-refractivity contribution in [2.24, 2.45) is 0 Å². The quantitative estimate of drug-likeness (QED) is 0.730. The summed E-state index contributed by atoms with van der Waals surface area (Å²) in [7, 11) is -4.03. The molecule has 0 aliphatic heterocycles. The fraction of sp³-hybridized carbons (Fsp3) is 0.571. The molecule has 74 valence electrons. The van der Waals surface area contributed by atoms with Gasteiger partial charge in [-0.1, -0.05) is 13.8 Å². The Morgan fingerprint density at radius 2 is 2.23 bits per heavy atom. The van der Waals surface area contributed by atoms with Gasteiger partial charge in [-0.25, -0.2) is 4.98 Å². The van der Waals surface area contributed by atoms with Gasteiger partial charge in [0.2, 0.25) is 0 Å². The van der Waals surface area contributed by atoms with Crippen molar-refractivity contribution in [2.75, 3.05) is 0 Å². The maximum absolute atomic E-state index is 10.6. The monoisotopic (exact) mass is 205 g/mol. The Hall–Kier alpha value is -0.640. The van der Waals surface area contributed by atoms with E-state index in [1.165, 1.54) is 6.26 Å². The van der Waals surface area contributed by atoms with E-state index >= 15 is 0 Å². The van der Waals surface area contributed by atoms with Crippen LogP contribution in [0.25, 0.3) is 0 Å². The lowest BCUT2D eigenvalue weighted by Crippen LogP contribution is -1.90. The molecule has 0 unspecified atom stereocenters. The van der Waals surface area contributed by atoms with E-state index in [2.05, 4.69) is 4.98 Å². The van der Waals surface area contributed by atoms with Gasteiger partial charge < -0.3 is 14.2 Å². The van der Waals surface area contributed by atoms with Gasteiger partial charge in [0.05, 0.1) is 11.9 Å². The predicted octanol–water partition coefficient (Wildman–Crippen LogP) is 1.48. The molecule has 0 aromatic carbocycles. The van der Waals surface area contributed by atoms with Gasteiger partial charge in [0.1, 0.15) is 6.26 Å². The molecule has 1 heterocycles. The molecule has 13 heavy (non-hydrogen) atoms. The molecule has 1 aromatic heterocycles. The van der Waals surface area contributed by atoms with Gasteiger partial charge >= 0.3 is 7.60 Å². The van der Waals surface area contributed by atoms with Crippen molar-refractivity contribution >= 4 is 7.60 Å². The van der Waals surface area contributed by atoms with Gasteiger partial charge in [0.15, 0.2) is 5.89 Å². The third-order valence-corrected chi connectivity index (χ3v) is 2.17. The summed E-state index contributed by atoms with van der Waals surface area (Å²) >= 11 is 0. The fourth-order valence-electron chi connectivity index (χ4n) is 0.871. The highest BCUT2D eigenvalue weighted by atomic mass is 31.2.